The van der Waals surface area contributed by atoms with Crippen molar-refractivity contribution in [2.24, 2.45) is 0 Å². The van der Waals surface area contributed by atoms with Crippen LogP contribution in [0.5, 0.6) is 0 Å². The molecule has 6 nitrogen and oxygen atoms in total. The third-order valence-corrected chi connectivity index (χ3v) is 3.99. The maximum Gasteiger partial charge on any atom is 0.319 e. The molecule has 3 aromatic rings. The van der Waals surface area contributed by atoms with Crippen LogP contribution in [0.1, 0.15) is 29.1 Å². The van der Waals surface area contributed by atoms with E-state index in [1.54, 1.807) is 38.4 Å². The van der Waals surface area contributed by atoms with Crippen LogP contribution in [-0.2, 0) is 0 Å². The van der Waals surface area contributed by atoms with Gasteiger partial charge in [-0.25, -0.2) is 4.79 Å². The molecule has 1 atom stereocenters. The molecule has 0 aliphatic carbocycles. The minimum absolute atomic E-state index is 0.121. The monoisotopic (exact) mass is 351 g/mol. The summed E-state index contributed by atoms with van der Waals surface area (Å²) in [4.78, 5) is 25.8. The second-order valence-electron chi connectivity index (χ2n) is 6.29. The van der Waals surface area contributed by atoms with Crippen molar-refractivity contribution in [2.75, 3.05) is 19.4 Å². The maximum atomic E-state index is 12.3. The number of nitrogens with one attached hydrogen (secondary N) is 2. The number of amides is 3. The van der Waals surface area contributed by atoms with E-state index in [0.717, 1.165) is 11.0 Å². The van der Waals surface area contributed by atoms with E-state index >= 15 is 0 Å². The first kappa shape index (κ1) is 17.5. The third kappa shape index (κ3) is 3.85. The molecular formula is C20H21N3O3. The zero-order valence-electron chi connectivity index (χ0n) is 14.9. The van der Waals surface area contributed by atoms with Gasteiger partial charge >= 0.3 is 6.03 Å². The van der Waals surface area contributed by atoms with Crippen LogP contribution in [0.4, 0.5) is 10.5 Å². The molecule has 2 aromatic carbocycles. The van der Waals surface area contributed by atoms with Crippen LogP contribution in [0, 0.1) is 0 Å². The molecule has 1 aromatic heterocycles. The zero-order valence-corrected chi connectivity index (χ0v) is 14.9. The summed E-state index contributed by atoms with van der Waals surface area (Å²) >= 11 is 0. The van der Waals surface area contributed by atoms with Crippen LogP contribution in [-0.4, -0.2) is 30.9 Å². The number of nitrogens with zero attached hydrogens (tertiary/aromatic N) is 1. The number of fused-ring (bicyclic) bond motifs is 1. The molecular weight excluding hydrogens is 330 g/mol. The van der Waals surface area contributed by atoms with E-state index in [4.69, 9.17) is 4.42 Å². The highest BCUT2D eigenvalue weighted by molar-refractivity contribution is 5.96. The van der Waals surface area contributed by atoms with Crippen LogP contribution in [0.2, 0.25) is 0 Å². The van der Waals surface area contributed by atoms with Gasteiger partial charge in [0.2, 0.25) is 0 Å². The summed E-state index contributed by atoms with van der Waals surface area (Å²) in [7, 11) is 3.37. The number of urea groups is 1. The number of hydrogen-bond acceptors (Lipinski definition) is 3. The molecule has 0 aliphatic rings. The Hall–Kier alpha value is -3.28. The zero-order chi connectivity index (χ0) is 18.7. The minimum Gasteiger partial charge on any atom is -0.459 e. The van der Waals surface area contributed by atoms with Gasteiger partial charge in [0.15, 0.2) is 0 Å². The number of carbonyl (C=O) groups excluding carboxylic acids is 2. The van der Waals surface area contributed by atoms with Crippen molar-refractivity contribution in [3.8, 4) is 0 Å². The largest absolute Gasteiger partial charge is 0.459 e. The summed E-state index contributed by atoms with van der Waals surface area (Å²) in [5.41, 5.74) is 1.84. The van der Waals surface area contributed by atoms with E-state index in [-0.39, 0.29) is 18.0 Å². The molecule has 6 heteroatoms. The lowest BCUT2D eigenvalue weighted by molar-refractivity contribution is 0.0827. The standard InChI is InChI=1S/C20H21N3O3/c1-13(18-12-14-7-4-5-10-17(14)26-18)21-20(25)22-16-9-6-8-15(11-16)19(24)23(2)3/h4-13H,1-3H3,(H2,21,22,25)/t13-/m0/s1. The van der Waals surface area contributed by atoms with Crippen LogP contribution < -0.4 is 10.6 Å². The van der Waals surface area contributed by atoms with E-state index in [9.17, 15) is 9.59 Å². The van der Waals surface area contributed by atoms with Gasteiger partial charge in [-0.2, -0.15) is 0 Å². The van der Waals surface area contributed by atoms with Crippen molar-refractivity contribution < 1.29 is 14.0 Å². The van der Waals surface area contributed by atoms with Gasteiger partial charge in [0.1, 0.15) is 11.3 Å². The lowest BCUT2D eigenvalue weighted by Gasteiger charge is -2.14. The van der Waals surface area contributed by atoms with Crippen molar-refractivity contribution in [1.29, 1.82) is 0 Å². The average molecular weight is 351 g/mol. The fourth-order valence-electron chi connectivity index (χ4n) is 2.64. The molecule has 0 spiro atoms. The fourth-order valence-corrected chi connectivity index (χ4v) is 2.64. The number of furan rings is 1. The smallest absolute Gasteiger partial charge is 0.319 e. The Balaban J connectivity index is 1.66. The van der Waals surface area contributed by atoms with Gasteiger partial charge in [0.25, 0.3) is 5.91 Å². The van der Waals surface area contributed by atoms with E-state index < -0.39 is 0 Å². The first-order valence-electron chi connectivity index (χ1n) is 8.32. The highest BCUT2D eigenvalue weighted by atomic mass is 16.3. The Morgan fingerprint density at radius 3 is 2.54 bits per heavy atom. The van der Waals surface area contributed by atoms with Crippen molar-refractivity contribution in [3.63, 3.8) is 0 Å². The Morgan fingerprint density at radius 1 is 1.04 bits per heavy atom. The van der Waals surface area contributed by atoms with E-state index in [1.807, 2.05) is 37.3 Å². The number of benzene rings is 2. The van der Waals surface area contributed by atoms with Gasteiger partial charge in [-0.15, -0.1) is 0 Å². The summed E-state index contributed by atoms with van der Waals surface area (Å²) in [5, 5.41) is 6.58. The molecule has 134 valence electrons. The van der Waals surface area contributed by atoms with Crippen molar-refractivity contribution in [1.82, 2.24) is 10.2 Å². The number of rotatable bonds is 4. The van der Waals surface area contributed by atoms with Crippen molar-refractivity contribution in [3.05, 3.63) is 65.9 Å². The van der Waals surface area contributed by atoms with E-state index in [1.165, 1.54) is 4.90 Å². The summed E-state index contributed by atoms with van der Waals surface area (Å²) in [5.74, 6) is 0.558. The second kappa shape index (κ2) is 7.31. The molecule has 0 aliphatic heterocycles. The number of carbonyl (C=O) groups is 2. The molecule has 0 saturated carbocycles. The summed E-state index contributed by atoms with van der Waals surface area (Å²) < 4.78 is 5.77. The Labute approximate surface area is 151 Å². The first-order chi connectivity index (χ1) is 12.4. The highest BCUT2D eigenvalue weighted by Gasteiger charge is 2.15. The molecule has 0 bridgehead atoms. The van der Waals surface area contributed by atoms with Crippen LogP contribution in [0.15, 0.2) is 59.0 Å². The summed E-state index contributed by atoms with van der Waals surface area (Å²) in [6.07, 6.45) is 0. The Kier molecular flexibility index (Phi) is 4.93. The summed E-state index contributed by atoms with van der Waals surface area (Å²) in [6.45, 7) is 1.85. The third-order valence-electron chi connectivity index (χ3n) is 3.99. The number of anilines is 1. The second-order valence-corrected chi connectivity index (χ2v) is 6.29. The average Bonchev–Trinajstić information content (AvgIpc) is 3.05. The van der Waals surface area contributed by atoms with Gasteiger partial charge in [-0.1, -0.05) is 24.3 Å². The number of para-hydroxylation sites is 1. The number of hydrogen-bond donors (Lipinski definition) is 2. The molecule has 1 heterocycles. The molecule has 0 unspecified atom stereocenters. The molecule has 0 saturated heterocycles. The van der Waals surface area contributed by atoms with E-state index in [2.05, 4.69) is 10.6 Å². The van der Waals surface area contributed by atoms with Crippen LogP contribution in [0.25, 0.3) is 11.0 Å². The normalized spacial score (nSPS) is 11.8. The van der Waals surface area contributed by atoms with Crippen molar-refractivity contribution in [2.45, 2.75) is 13.0 Å². The van der Waals surface area contributed by atoms with Crippen LogP contribution >= 0.6 is 0 Å². The predicted molar refractivity (Wildman–Crippen MR) is 101 cm³/mol. The van der Waals surface area contributed by atoms with Crippen LogP contribution in [0.3, 0.4) is 0 Å². The molecule has 0 radical (unpaired) electrons. The van der Waals surface area contributed by atoms with Gasteiger partial charge in [-0.05, 0) is 37.3 Å². The molecule has 26 heavy (non-hydrogen) atoms. The maximum absolute atomic E-state index is 12.3. The fraction of sp³-hybridized carbons (Fsp3) is 0.200. The predicted octanol–water partition coefficient (Wildman–Crippen LogP) is 4.02. The SMILES string of the molecule is C[C@H](NC(=O)Nc1cccc(C(=O)N(C)C)c1)c1cc2ccccc2o1. The van der Waals surface area contributed by atoms with Gasteiger partial charge in [0, 0.05) is 30.7 Å². The summed E-state index contributed by atoms with van der Waals surface area (Å²) in [6, 6.07) is 15.8. The van der Waals surface area contributed by atoms with Crippen molar-refractivity contribution >= 4 is 28.6 Å². The lowest BCUT2D eigenvalue weighted by Crippen LogP contribution is -2.31. The quantitative estimate of drug-likeness (QED) is 0.745. The molecule has 3 amide bonds. The Morgan fingerprint density at radius 2 is 1.81 bits per heavy atom. The van der Waals surface area contributed by atoms with E-state index in [0.29, 0.717) is 17.0 Å². The van der Waals surface area contributed by atoms with Gasteiger partial charge in [0.05, 0.1) is 6.04 Å². The lowest BCUT2D eigenvalue weighted by atomic mass is 10.2. The molecule has 0 fully saturated rings. The first-order valence-corrected chi connectivity index (χ1v) is 8.32. The molecule has 3 rings (SSSR count). The Bertz CT molecular complexity index is 913. The van der Waals surface area contributed by atoms with Gasteiger partial charge in [-0.3, -0.25) is 4.79 Å². The highest BCUT2D eigenvalue weighted by Crippen LogP contribution is 2.23. The van der Waals surface area contributed by atoms with Gasteiger partial charge < -0.3 is 20.0 Å². The topological polar surface area (TPSA) is 74.6 Å². The minimum atomic E-state index is -0.368. The molecule has 2 N–H and O–H groups in total.